The Balaban J connectivity index is 1.15. The van der Waals surface area contributed by atoms with Crippen molar-refractivity contribution < 1.29 is 9.53 Å². The fourth-order valence-electron chi connectivity index (χ4n) is 4.19. The van der Waals surface area contributed by atoms with Crippen molar-refractivity contribution in [2.75, 3.05) is 38.2 Å². The molecule has 27 heavy (non-hydrogen) atoms. The molecule has 0 radical (unpaired) electrons. The number of benzene rings is 1. The molecular formula is C22H27N3O2. The SMILES string of the molecule is COc1ccc(N2CC3(CN(C(=O)CCCCc4cccnc4)C3)C2)cc1. The van der Waals surface area contributed by atoms with E-state index in [9.17, 15) is 4.79 Å². The van der Waals surface area contributed by atoms with Gasteiger partial charge in [-0.3, -0.25) is 9.78 Å². The van der Waals surface area contributed by atoms with E-state index in [-0.39, 0.29) is 0 Å². The summed E-state index contributed by atoms with van der Waals surface area (Å²) in [5.41, 5.74) is 2.81. The van der Waals surface area contributed by atoms with Gasteiger partial charge in [-0.2, -0.15) is 0 Å². The van der Waals surface area contributed by atoms with Crippen molar-refractivity contribution in [1.82, 2.24) is 9.88 Å². The number of carbonyl (C=O) groups excluding carboxylic acids is 1. The van der Waals surface area contributed by atoms with E-state index in [2.05, 4.69) is 28.1 Å². The summed E-state index contributed by atoms with van der Waals surface area (Å²) in [7, 11) is 1.69. The first kappa shape index (κ1) is 17.8. The zero-order valence-electron chi connectivity index (χ0n) is 15.9. The van der Waals surface area contributed by atoms with Crippen LogP contribution in [0.2, 0.25) is 0 Å². The monoisotopic (exact) mass is 365 g/mol. The van der Waals surface area contributed by atoms with Crippen LogP contribution < -0.4 is 9.64 Å². The molecular weight excluding hydrogens is 338 g/mol. The number of hydrogen-bond donors (Lipinski definition) is 0. The summed E-state index contributed by atoms with van der Waals surface area (Å²) in [5, 5.41) is 0. The average Bonchev–Trinajstić information content (AvgIpc) is 2.64. The summed E-state index contributed by atoms with van der Waals surface area (Å²) in [4.78, 5) is 20.9. The maximum absolute atomic E-state index is 12.4. The van der Waals surface area contributed by atoms with E-state index >= 15 is 0 Å². The summed E-state index contributed by atoms with van der Waals surface area (Å²) in [6.45, 7) is 3.93. The molecule has 5 heteroatoms. The first-order valence-corrected chi connectivity index (χ1v) is 9.73. The number of aryl methyl sites for hydroxylation is 1. The van der Waals surface area contributed by atoms with Gasteiger partial charge in [-0.1, -0.05) is 6.07 Å². The van der Waals surface area contributed by atoms with Gasteiger partial charge in [-0.05, 0) is 55.2 Å². The van der Waals surface area contributed by atoms with Gasteiger partial charge in [0.25, 0.3) is 0 Å². The Morgan fingerprint density at radius 1 is 1.11 bits per heavy atom. The Morgan fingerprint density at radius 3 is 2.56 bits per heavy atom. The van der Waals surface area contributed by atoms with Crippen LogP contribution in [0.3, 0.4) is 0 Å². The summed E-state index contributed by atoms with van der Waals surface area (Å²) < 4.78 is 5.21. The summed E-state index contributed by atoms with van der Waals surface area (Å²) in [6.07, 6.45) is 7.37. The van der Waals surface area contributed by atoms with Gasteiger partial charge in [0.15, 0.2) is 0 Å². The van der Waals surface area contributed by atoms with E-state index in [0.29, 0.717) is 17.7 Å². The molecule has 142 valence electrons. The molecule has 0 saturated carbocycles. The number of nitrogens with zero attached hydrogens (tertiary/aromatic N) is 3. The van der Waals surface area contributed by atoms with Gasteiger partial charge in [0.2, 0.25) is 5.91 Å². The molecule has 2 aliphatic rings. The third kappa shape index (κ3) is 3.92. The number of unbranched alkanes of at least 4 members (excludes halogenated alkanes) is 1. The van der Waals surface area contributed by atoms with Gasteiger partial charge in [0, 0.05) is 56.1 Å². The molecule has 2 aromatic rings. The molecule has 0 bridgehead atoms. The highest BCUT2D eigenvalue weighted by molar-refractivity contribution is 5.77. The Hall–Kier alpha value is -2.56. The minimum absolute atomic E-state index is 0.315. The molecule has 0 unspecified atom stereocenters. The van der Waals surface area contributed by atoms with Crippen LogP contribution in [0.25, 0.3) is 0 Å². The Labute approximate surface area is 161 Å². The van der Waals surface area contributed by atoms with Crippen molar-refractivity contribution in [3.05, 3.63) is 54.4 Å². The molecule has 1 aromatic heterocycles. The second-order valence-electron chi connectivity index (χ2n) is 7.87. The van der Waals surface area contributed by atoms with Crippen molar-refractivity contribution in [3.63, 3.8) is 0 Å². The summed E-state index contributed by atoms with van der Waals surface area (Å²) in [6, 6.07) is 12.3. The van der Waals surface area contributed by atoms with E-state index < -0.39 is 0 Å². The highest BCUT2D eigenvalue weighted by atomic mass is 16.5. The quantitative estimate of drug-likeness (QED) is 0.707. The predicted octanol–water partition coefficient (Wildman–Crippen LogP) is 3.15. The van der Waals surface area contributed by atoms with E-state index in [1.54, 1.807) is 13.3 Å². The first-order valence-electron chi connectivity index (χ1n) is 9.73. The second kappa shape index (κ2) is 7.59. The van der Waals surface area contributed by atoms with E-state index in [1.165, 1.54) is 11.3 Å². The van der Waals surface area contributed by atoms with Gasteiger partial charge in [0.05, 0.1) is 7.11 Å². The number of likely N-dealkylation sites (tertiary alicyclic amines) is 1. The normalized spacial score (nSPS) is 17.4. The van der Waals surface area contributed by atoms with Crippen molar-refractivity contribution in [2.24, 2.45) is 5.41 Å². The molecule has 0 atom stereocenters. The third-order valence-corrected chi connectivity index (χ3v) is 5.72. The number of pyridine rings is 1. The van der Waals surface area contributed by atoms with Crippen molar-refractivity contribution in [1.29, 1.82) is 0 Å². The van der Waals surface area contributed by atoms with Crippen LogP contribution in [-0.4, -0.2) is 49.1 Å². The Morgan fingerprint density at radius 2 is 1.89 bits per heavy atom. The number of ether oxygens (including phenoxy) is 1. The molecule has 1 amide bonds. The minimum Gasteiger partial charge on any atom is -0.497 e. The van der Waals surface area contributed by atoms with E-state index in [1.807, 2.05) is 29.3 Å². The van der Waals surface area contributed by atoms with Crippen molar-refractivity contribution >= 4 is 11.6 Å². The zero-order valence-corrected chi connectivity index (χ0v) is 15.9. The number of carbonyl (C=O) groups is 1. The minimum atomic E-state index is 0.315. The van der Waals surface area contributed by atoms with Crippen LogP contribution in [0, 0.1) is 5.41 Å². The number of hydrogen-bond acceptors (Lipinski definition) is 4. The highest BCUT2D eigenvalue weighted by Crippen LogP contribution is 2.42. The van der Waals surface area contributed by atoms with E-state index in [4.69, 9.17) is 4.74 Å². The molecule has 0 aliphatic carbocycles. The summed E-state index contributed by atoms with van der Waals surface area (Å²) >= 11 is 0. The maximum Gasteiger partial charge on any atom is 0.222 e. The topological polar surface area (TPSA) is 45.7 Å². The smallest absolute Gasteiger partial charge is 0.222 e. The Bertz CT molecular complexity index is 762. The summed E-state index contributed by atoms with van der Waals surface area (Å²) in [5.74, 6) is 1.20. The Kier molecular flexibility index (Phi) is 5.01. The number of amides is 1. The van der Waals surface area contributed by atoms with E-state index in [0.717, 1.165) is 51.2 Å². The van der Waals surface area contributed by atoms with Crippen LogP contribution in [0.1, 0.15) is 24.8 Å². The van der Waals surface area contributed by atoms with Gasteiger partial charge in [-0.15, -0.1) is 0 Å². The molecule has 2 fully saturated rings. The van der Waals surface area contributed by atoms with Crippen molar-refractivity contribution in [2.45, 2.75) is 25.7 Å². The van der Waals surface area contributed by atoms with Gasteiger partial charge < -0.3 is 14.5 Å². The zero-order chi connectivity index (χ0) is 18.7. The van der Waals surface area contributed by atoms with Crippen LogP contribution >= 0.6 is 0 Å². The van der Waals surface area contributed by atoms with Crippen molar-refractivity contribution in [3.8, 4) is 5.75 Å². The lowest BCUT2D eigenvalue weighted by Crippen LogP contribution is -2.73. The van der Waals surface area contributed by atoms with Crippen LogP contribution in [0.4, 0.5) is 5.69 Å². The molecule has 1 aromatic carbocycles. The highest BCUT2D eigenvalue weighted by Gasteiger charge is 2.52. The number of anilines is 1. The lowest BCUT2D eigenvalue weighted by atomic mass is 9.72. The van der Waals surface area contributed by atoms with Crippen LogP contribution in [-0.2, 0) is 11.2 Å². The maximum atomic E-state index is 12.4. The average molecular weight is 365 g/mol. The molecule has 4 rings (SSSR count). The van der Waals surface area contributed by atoms with Crippen LogP contribution in [0.5, 0.6) is 5.75 Å². The lowest BCUT2D eigenvalue weighted by Gasteiger charge is -2.61. The fourth-order valence-corrected chi connectivity index (χ4v) is 4.19. The van der Waals surface area contributed by atoms with Gasteiger partial charge in [-0.25, -0.2) is 0 Å². The van der Waals surface area contributed by atoms with Gasteiger partial charge in [0.1, 0.15) is 5.75 Å². The molecule has 2 saturated heterocycles. The predicted molar refractivity (Wildman–Crippen MR) is 106 cm³/mol. The molecule has 1 spiro atoms. The molecule has 3 heterocycles. The second-order valence-corrected chi connectivity index (χ2v) is 7.87. The third-order valence-electron chi connectivity index (χ3n) is 5.72. The van der Waals surface area contributed by atoms with Gasteiger partial charge >= 0.3 is 0 Å². The number of rotatable bonds is 7. The first-order chi connectivity index (χ1) is 13.2. The number of methoxy groups -OCH3 is 1. The number of aromatic nitrogens is 1. The fraction of sp³-hybridized carbons (Fsp3) is 0.455. The molecule has 0 N–H and O–H groups in total. The molecule has 2 aliphatic heterocycles. The largest absolute Gasteiger partial charge is 0.497 e. The lowest BCUT2D eigenvalue weighted by molar-refractivity contribution is -0.145. The van der Waals surface area contributed by atoms with Crippen LogP contribution in [0.15, 0.2) is 48.8 Å². The standard InChI is InChI=1S/C22H27N3O2/c1-27-20-10-8-19(9-11-20)24-14-22(15-24)16-25(17-22)21(26)7-3-2-5-18-6-4-12-23-13-18/h4,6,8-13H,2-3,5,7,14-17H2,1H3. The molecule has 5 nitrogen and oxygen atoms in total.